The molecule has 1 aliphatic heterocycles. The molecule has 1 aromatic carbocycles. The molecular formula is C18H18N4O3. The molecule has 3 heterocycles. The zero-order chi connectivity index (χ0) is 17.2. The molecule has 1 saturated heterocycles. The van der Waals surface area contributed by atoms with E-state index in [0.29, 0.717) is 18.8 Å². The predicted octanol–water partition coefficient (Wildman–Crippen LogP) is 2.17. The monoisotopic (exact) mass is 338 g/mol. The summed E-state index contributed by atoms with van der Waals surface area (Å²) in [6, 6.07) is 12.9. The van der Waals surface area contributed by atoms with Crippen LogP contribution in [0.3, 0.4) is 0 Å². The van der Waals surface area contributed by atoms with Gasteiger partial charge in [-0.1, -0.05) is 18.2 Å². The molecule has 3 aromatic rings. The number of rotatable bonds is 3. The Labute approximate surface area is 143 Å². The van der Waals surface area contributed by atoms with Gasteiger partial charge in [-0.15, -0.1) is 0 Å². The van der Waals surface area contributed by atoms with Crippen LogP contribution in [0.25, 0.3) is 5.69 Å². The fraction of sp³-hybridized carbons (Fsp3) is 0.278. The lowest BCUT2D eigenvalue weighted by molar-refractivity contribution is 0.0678. The van der Waals surface area contributed by atoms with Crippen LogP contribution in [0.1, 0.15) is 35.1 Å². The van der Waals surface area contributed by atoms with Gasteiger partial charge < -0.3 is 9.32 Å². The number of piperidine rings is 1. The van der Waals surface area contributed by atoms with E-state index in [0.717, 1.165) is 24.4 Å². The molecule has 1 fully saturated rings. The molecule has 1 amide bonds. The van der Waals surface area contributed by atoms with Crippen LogP contribution in [0.2, 0.25) is 0 Å². The minimum Gasteiger partial charge on any atom is -0.459 e. The lowest BCUT2D eigenvalue weighted by Crippen LogP contribution is -2.38. The summed E-state index contributed by atoms with van der Waals surface area (Å²) in [7, 11) is 0. The van der Waals surface area contributed by atoms with Gasteiger partial charge in [0.15, 0.2) is 5.76 Å². The average Bonchev–Trinajstić information content (AvgIpc) is 3.32. The van der Waals surface area contributed by atoms with Gasteiger partial charge in [-0.2, -0.15) is 5.10 Å². The molecule has 4 rings (SSSR count). The van der Waals surface area contributed by atoms with E-state index in [4.69, 9.17) is 4.42 Å². The molecule has 0 saturated carbocycles. The van der Waals surface area contributed by atoms with Crippen LogP contribution in [-0.2, 0) is 0 Å². The van der Waals surface area contributed by atoms with Crippen molar-refractivity contribution in [3.63, 3.8) is 0 Å². The Kier molecular flexibility index (Phi) is 3.97. The second kappa shape index (κ2) is 6.43. The first-order valence-electron chi connectivity index (χ1n) is 8.29. The highest BCUT2D eigenvalue weighted by molar-refractivity contribution is 5.91. The van der Waals surface area contributed by atoms with Gasteiger partial charge in [0, 0.05) is 19.0 Å². The molecule has 1 N–H and O–H groups in total. The van der Waals surface area contributed by atoms with Crippen LogP contribution in [0.15, 0.2) is 57.9 Å². The van der Waals surface area contributed by atoms with Crippen molar-refractivity contribution in [1.29, 1.82) is 0 Å². The normalized spacial score (nSPS) is 15.4. The molecule has 0 atom stereocenters. The third kappa shape index (κ3) is 2.88. The molecular weight excluding hydrogens is 320 g/mol. The summed E-state index contributed by atoms with van der Waals surface area (Å²) in [4.78, 5) is 26.3. The highest BCUT2D eigenvalue weighted by Gasteiger charge is 2.29. The molecule has 0 radical (unpaired) electrons. The predicted molar refractivity (Wildman–Crippen MR) is 90.8 cm³/mol. The SMILES string of the molecule is O=C(c1ccco1)N1CCC(c2n[nH]c(=O)n2-c2ccccc2)CC1. The van der Waals surface area contributed by atoms with Gasteiger partial charge in [0.1, 0.15) is 5.82 Å². The first-order valence-corrected chi connectivity index (χ1v) is 8.29. The van der Waals surface area contributed by atoms with E-state index in [2.05, 4.69) is 10.2 Å². The largest absolute Gasteiger partial charge is 0.459 e. The van der Waals surface area contributed by atoms with Gasteiger partial charge >= 0.3 is 5.69 Å². The van der Waals surface area contributed by atoms with Crippen molar-refractivity contribution in [2.75, 3.05) is 13.1 Å². The number of nitrogens with zero attached hydrogens (tertiary/aromatic N) is 3. The number of hydrogen-bond acceptors (Lipinski definition) is 4. The van der Waals surface area contributed by atoms with E-state index in [1.807, 2.05) is 30.3 Å². The number of H-pyrrole nitrogens is 1. The van der Waals surface area contributed by atoms with Gasteiger partial charge in [0.25, 0.3) is 5.91 Å². The van der Waals surface area contributed by atoms with Gasteiger partial charge in [0.2, 0.25) is 0 Å². The molecule has 0 unspecified atom stereocenters. The van der Waals surface area contributed by atoms with E-state index < -0.39 is 0 Å². The van der Waals surface area contributed by atoms with Crippen LogP contribution < -0.4 is 5.69 Å². The fourth-order valence-corrected chi connectivity index (χ4v) is 3.31. The summed E-state index contributed by atoms with van der Waals surface area (Å²) >= 11 is 0. The van der Waals surface area contributed by atoms with Crippen LogP contribution in [0, 0.1) is 0 Å². The van der Waals surface area contributed by atoms with Gasteiger partial charge in [-0.3, -0.25) is 4.79 Å². The standard InChI is InChI=1S/C18H18N4O3/c23-17(15-7-4-12-25-15)21-10-8-13(9-11-21)16-19-20-18(24)22(16)14-5-2-1-3-6-14/h1-7,12-13H,8-11H2,(H,20,24). The summed E-state index contributed by atoms with van der Waals surface area (Å²) < 4.78 is 6.81. The highest BCUT2D eigenvalue weighted by atomic mass is 16.3. The molecule has 7 heteroatoms. The average molecular weight is 338 g/mol. The van der Waals surface area contributed by atoms with Crippen LogP contribution >= 0.6 is 0 Å². The van der Waals surface area contributed by atoms with Crippen molar-refractivity contribution in [3.05, 3.63) is 70.8 Å². The van der Waals surface area contributed by atoms with Crippen LogP contribution in [-0.4, -0.2) is 38.7 Å². The van der Waals surface area contributed by atoms with Crippen molar-refractivity contribution in [2.24, 2.45) is 0 Å². The van der Waals surface area contributed by atoms with Crippen molar-refractivity contribution in [1.82, 2.24) is 19.7 Å². The molecule has 2 aromatic heterocycles. The fourth-order valence-electron chi connectivity index (χ4n) is 3.31. The topological polar surface area (TPSA) is 84.1 Å². The number of carbonyl (C=O) groups excluding carboxylic acids is 1. The van der Waals surface area contributed by atoms with E-state index >= 15 is 0 Å². The quantitative estimate of drug-likeness (QED) is 0.793. The van der Waals surface area contributed by atoms with Crippen molar-refractivity contribution < 1.29 is 9.21 Å². The van der Waals surface area contributed by atoms with E-state index in [1.165, 1.54) is 6.26 Å². The van der Waals surface area contributed by atoms with Crippen molar-refractivity contribution >= 4 is 5.91 Å². The number of aromatic amines is 1. The first-order chi connectivity index (χ1) is 12.2. The third-order valence-corrected chi connectivity index (χ3v) is 4.59. The van der Waals surface area contributed by atoms with E-state index in [9.17, 15) is 9.59 Å². The van der Waals surface area contributed by atoms with Gasteiger partial charge in [-0.25, -0.2) is 14.5 Å². The lowest BCUT2D eigenvalue weighted by atomic mass is 9.95. The van der Waals surface area contributed by atoms with Crippen LogP contribution in [0.4, 0.5) is 0 Å². The summed E-state index contributed by atoms with van der Waals surface area (Å²) in [6.07, 6.45) is 3.01. The van der Waals surface area contributed by atoms with Gasteiger partial charge in [0.05, 0.1) is 12.0 Å². The van der Waals surface area contributed by atoms with Gasteiger partial charge in [-0.05, 0) is 37.1 Å². The molecule has 25 heavy (non-hydrogen) atoms. The molecule has 0 spiro atoms. The number of benzene rings is 1. The number of amides is 1. The molecule has 1 aliphatic rings. The molecule has 7 nitrogen and oxygen atoms in total. The first kappa shape index (κ1) is 15.4. The molecule has 0 aliphatic carbocycles. The van der Waals surface area contributed by atoms with Crippen LogP contribution in [0.5, 0.6) is 0 Å². The Morgan fingerprint density at radius 1 is 1.12 bits per heavy atom. The zero-order valence-corrected chi connectivity index (χ0v) is 13.6. The Balaban J connectivity index is 1.52. The number of furan rings is 1. The van der Waals surface area contributed by atoms with Crippen molar-refractivity contribution in [3.8, 4) is 5.69 Å². The maximum atomic E-state index is 12.4. The van der Waals surface area contributed by atoms with Crippen molar-refractivity contribution in [2.45, 2.75) is 18.8 Å². The Morgan fingerprint density at radius 3 is 2.56 bits per heavy atom. The lowest BCUT2D eigenvalue weighted by Gasteiger charge is -2.31. The zero-order valence-electron chi connectivity index (χ0n) is 13.6. The van der Waals surface area contributed by atoms with E-state index in [-0.39, 0.29) is 17.5 Å². The minimum absolute atomic E-state index is 0.0917. The number of likely N-dealkylation sites (tertiary alicyclic amines) is 1. The summed E-state index contributed by atoms with van der Waals surface area (Å²) in [5, 5.41) is 6.79. The van der Waals surface area contributed by atoms with E-state index in [1.54, 1.807) is 21.6 Å². The second-order valence-electron chi connectivity index (χ2n) is 6.10. The minimum atomic E-state index is -0.240. The summed E-state index contributed by atoms with van der Waals surface area (Å²) in [5.74, 6) is 1.12. The molecule has 128 valence electrons. The number of hydrogen-bond donors (Lipinski definition) is 1. The highest BCUT2D eigenvalue weighted by Crippen LogP contribution is 2.28. The number of nitrogens with one attached hydrogen (secondary N) is 1. The molecule has 0 bridgehead atoms. The number of para-hydroxylation sites is 1. The Morgan fingerprint density at radius 2 is 1.88 bits per heavy atom. The number of carbonyl (C=O) groups is 1. The maximum Gasteiger partial charge on any atom is 0.347 e. The third-order valence-electron chi connectivity index (χ3n) is 4.59. The Bertz CT molecular complexity index is 903. The second-order valence-corrected chi connectivity index (χ2v) is 6.10. The maximum absolute atomic E-state index is 12.4. The Hall–Kier alpha value is -3.09. The summed E-state index contributed by atoms with van der Waals surface area (Å²) in [5.41, 5.74) is 0.556. The smallest absolute Gasteiger partial charge is 0.347 e. The number of aromatic nitrogens is 3. The summed E-state index contributed by atoms with van der Waals surface area (Å²) in [6.45, 7) is 1.22.